The maximum atomic E-state index is 12.0. The van der Waals surface area contributed by atoms with Crippen LogP contribution in [0.4, 0.5) is 5.69 Å². The van der Waals surface area contributed by atoms with Crippen LogP contribution in [0, 0.1) is 5.92 Å². The van der Waals surface area contributed by atoms with Crippen molar-refractivity contribution in [2.75, 3.05) is 38.2 Å². The Morgan fingerprint density at radius 2 is 2.00 bits per heavy atom. The van der Waals surface area contributed by atoms with Gasteiger partial charge in [-0.1, -0.05) is 17.7 Å². The summed E-state index contributed by atoms with van der Waals surface area (Å²) < 4.78 is 4.98. The zero-order chi connectivity index (χ0) is 14.8. The quantitative estimate of drug-likeness (QED) is 0.800. The van der Waals surface area contributed by atoms with Crippen molar-refractivity contribution in [3.63, 3.8) is 0 Å². The molecule has 0 aromatic heterocycles. The van der Waals surface area contributed by atoms with Gasteiger partial charge in [-0.3, -0.25) is 9.69 Å². The highest BCUT2D eigenvalue weighted by Gasteiger charge is 2.41. The summed E-state index contributed by atoms with van der Waals surface area (Å²) >= 11 is 6.06. The monoisotopic (exact) mass is 308 g/mol. The SMILES string of the molecule is COC(=O)C(C1CC1)N1CCN(c2cccc(Cl)c2)CC1. The molecule has 0 spiro atoms. The van der Waals surface area contributed by atoms with Crippen molar-refractivity contribution < 1.29 is 9.53 Å². The fraction of sp³-hybridized carbons (Fsp3) is 0.562. The second-order valence-electron chi connectivity index (χ2n) is 5.81. The minimum atomic E-state index is -0.0753. The van der Waals surface area contributed by atoms with Crippen LogP contribution in [0.5, 0.6) is 0 Å². The van der Waals surface area contributed by atoms with E-state index in [9.17, 15) is 4.79 Å². The van der Waals surface area contributed by atoms with Gasteiger partial charge < -0.3 is 9.64 Å². The average Bonchev–Trinajstić information content (AvgIpc) is 3.33. The molecular weight excluding hydrogens is 288 g/mol. The Labute approximate surface area is 130 Å². The topological polar surface area (TPSA) is 32.8 Å². The van der Waals surface area contributed by atoms with Crippen molar-refractivity contribution in [2.24, 2.45) is 5.92 Å². The Balaban J connectivity index is 1.63. The summed E-state index contributed by atoms with van der Waals surface area (Å²) in [6, 6.07) is 7.90. The van der Waals surface area contributed by atoms with E-state index in [-0.39, 0.29) is 12.0 Å². The van der Waals surface area contributed by atoms with Gasteiger partial charge in [0.25, 0.3) is 0 Å². The number of carbonyl (C=O) groups excluding carboxylic acids is 1. The molecule has 114 valence electrons. The summed E-state index contributed by atoms with van der Waals surface area (Å²) in [5, 5.41) is 0.764. The highest BCUT2D eigenvalue weighted by molar-refractivity contribution is 6.30. The summed E-state index contributed by atoms with van der Waals surface area (Å²) in [5.74, 6) is 0.420. The first-order chi connectivity index (χ1) is 10.2. The highest BCUT2D eigenvalue weighted by Crippen LogP contribution is 2.36. The summed E-state index contributed by atoms with van der Waals surface area (Å²) in [6.45, 7) is 3.62. The number of ether oxygens (including phenoxy) is 1. The molecule has 0 radical (unpaired) electrons. The van der Waals surface area contributed by atoms with Crippen molar-refractivity contribution in [3.05, 3.63) is 29.3 Å². The Morgan fingerprint density at radius 3 is 2.57 bits per heavy atom. The Morgan fingerprint density at radius 1 is 1.29 bits per heavy atom. The van der Waals surface area contributed by atoms with E-state index in [1.54, 1.807) is 0 Å². The molecular formula is C16H21ClN2O2. The number of nitrogens with zero attached hydrogens (tertiary/aromatic N) is 2. The zero-order valence-corrected chi connectivity index (χ0v) is 13.1. The van der Waals surface area contributed by atoms with Crippen LogP contribution in [0.2, 0.25) is 5.02 Å². The first-order valence-corrected chi connectivity index (χ1v) is 7.89. The molecule has 1 aliphatic heterocycles. The van der Waals surface area contributed by atoms with Crippen LogP contribution in [-0.2, 0) is 9.53 Å². The molecule has 1 aromatic carbocycles. The van der Waals surface area contributed by atoms with Gasteiger partial charge >= 0.3 is 5.97 Å². The lowest BCUT2D eigenvalue weighted by Gasteiger charge is -2.39. The summed E-state index contributed by atoms with van der Waals surface area (Å²) in [5.41, 5.74) is 1.16. The van der Waals surface area contributed by atoms with E-state index in [4.69, 9.17) is 16.3 Å². The fourth-order valence-electron chi connectivity index (χ4n) is 3.10. The summed E-state index contributed by atoms with van der Waals surface area (Å²) in [6.07, 6.45) is 2.29. The Bertz CT molecular complexity index is 511. The number of rotatable bonds is 4. The predicted molar refractivity (Wildman–Crippen MR) is 83.8 cm³/mol. The van der Waals surface area contributed by atoms with Crippen molar-refractivity contribution in [3.8, 4) is 0 Å². The number of hydrogen-bond donors (Lipinski definition) is 0. The molecule has 0 bridgehead atoms. The van der Waals surface area contributed by atoms with E-state index in [1.165, 1.54) is 7.11 Å². The number of esters is 1. The van der Waals surface area contributed by atoms with Crippen LogP contribution >= 0.6 is 11.6 Å². The molecule has 2 aliphatic rings. The van der Waals surface area contributed by atoms with Crippen LogP contribution in [0.25, 0.3) is 0 Å². The average molecular weight is 309 g/mol. The Hall–Kier alpha value is -1.26. The molecule has 1 aromatic rings. The number of methoxy groups -OCH3 is 1. The van der Waals surface area contributed by atoms with E-state index in [1.807, 2.05) is 18.2 Å². The number of carbonyl (C=O) groups is 1. The van der Waals surface area contributed by atoms with Crippen LogP contribution in [0.1, 0.15) is 12.8 Å². The highest BCUT2D eigenvalue weighted by atomic mass is 35.5. The molecule has 1 atom stereocenters. The van der Waals surface area contributed by atoms with Gasteiger partial charge in [-0.05, 0) is 37.0 Å². The van der Waals surface area contributed by atoms with Crippen LogP contribution in [0.3, 0.4) is 0 Å². The van der Waals surface area contributed by atoms with Crippen molar-refractivity contribution in [2.45, 2.75) is 18.9 Å². The maximum Gasteiger partial charge on any atom is 0.323 e. The largest absolute Gasteiger partial charge is 0.468 e. The van der Waals surface area contributed by atoms with Gasteiger partial charge in [-0.15, -0.1) is 0 Å². The normalized spacial score (nSPS) is 21.1. The second-order valence-corrected chi connectivity index (χ2v) is 6.24. The van der Waals surface area contributed by atoms with Crippen molar-refractivity contribution in [1.82, 2.24) is 4.90 Å². The lowest BCUT2D eigenvalue weighted by Crippen LogP contribution is -2.53. The third-order valence-electron chi connectivity index (χ3n) is 4.39. The van der Waals surface area contributed by atoms with Gasteiger partial charge in [0.15, 0.2) is 0 Å². The summed E-state index contributed by atoms with van der Waals surface area (Å²) in [4.78, 5) is 16.6. The van der Waals surface area contributed by atoms with Gasteiger partial charge in [0, 0.05) is 36.9 Å². The lowest BCUT2D eigenvalue weighted by molar-refractivity contribution is -0.148. The van der Waals surface area contributed by atoms with E-state index >= 15 is 0 Å². The number of anilines is 1. The maximum absolute atomic E-state index is 12.0. The number of piperazine rings is 1. The molecule has 3 rings (SSSR count). The number of hydrogen-bond acceptors (Lipinski definition) is 4. The molecule has 21 heavy (non-hydrogen) atoms. The first kappa shape index (κ1) is 14.7. The molecule has 1 saturated heterocycles. The van der Waals surface area contributed by atoms with Crippen LogP contribution in [-0.4, -0.2) is 50.2 Å². The number of halogens is 1. The molecule has 0 N–H and O–H groups in total. The lowest BCUT2D eigenvalue weighted by atomic mass is 10.1. The smallest absolute Gasteiger partial charge is 0.323 e. The summed E-state index contributed by atoms with van der Waals surface area (Å²) in [7, 11) is 1.49. The van der Waals surface area contributed by atoms with Crippen LogP contribution < -0.4 is 4.90 Å². The van der Waals surface area contributed by atoms with Crippen molar-refractivity contribution >= 4 is 23.3 Å². The molecule has 1 saturated carbocycles. The Kier molecular flexibility index (Phi) is 4.36. The minimum absolute atomic E-state index is 0.0449. The molecule has 1 heterocycles. The molecule has 2 fully saturated rings. The minimum Gasteiger partial charge on any atom is -0.468 e. The van der Waals surface area contributed by atoms with Crippen molar-refractivity contribution in [1.29, 1.82) is 0 Å². The molecule has 4 nitrogen and oxygen atoms in total. The van der Waals surface area contributed by atoms with E-state index in [2.05, 4.69) is 15.9 Å². The molecule has 1 aliphatic carbocycles. The van der Waals surface area contributed by atoms with Gasteiger partial charge in [0.05, 0.1) is 7.11 Å². The van der Waals surface area contributed by atoms with Gasteiger partial charge in [-0.2, -0.15) is 0 Å². The van der Waals surface area contributed by atoms with Crippen LogP contribution in [0.15, 0.2) is 24.3 Å². The fourth-order valence-corrected chi connectivity index (χ4v) is 3.29. The number of benzene rings is 1. The van der Waals surface area contributed by atoms with E-state index in [0.29, 0.717) is 5.92 Å². The van der Waals surface area contributed by atoms with Gasteiger partial charge in [0.1, 0.15) is 6.04 Å². The zero-order valence-electron chi connectivity index (χ0n) is 12.3. The van der Waals surface area contributed by atoms with Gasteiger partial charge in [0.2, 0.25) is 0 Å². The standard InChI is InChI=1S/C16H21ClN2O2/c1-21-16(20)15(12-5-6-12)19-9-7-18(8-10-19)14-4-2-3-13(17)11-14/h2-4,11-12,15H,5-10H2,1H3. The molecule has 5 heteroatoms. The third-order valence-corrected chi connectivity index (χ3v) is 4.63. The molecule has 0 amide bonds. The first-order valence-electron chi connectivity index (χ1n) is 7.51. The van der Waals surface area contributed by atoms with E-state index < -0.39 is 0 Å². The predicted octanol–water partition coefficient (Wildman–Crippen LogP) is 2.41. The third kappa shape index (κ3) is 3.33. The second kappa shape index (κ2) is 6.24. The van der Waals surface area contributed by atoms with E-state index in [0.717, 1.165) is 49.7 Å². The van der Waals surface area contributed by atoms with Gasteiger partial charge in [-0.25, -0.2) is 0 Å². The molecule has 1 unspecified atom stereocenters.